The Morgan fingerprint density at radius 1 is 1.26 bits per heavy atom. The normalized spacial score (nSPS) is 22.5. The summed E-state index contributed by atoms with van der Waals surface area (Å²) in [7, 11) is -4.07. The molecule has 1 saturated heterocycles. The van der Waals surface area contributed by atoms with Gasteiger partial charge >= 0.3 is 6.09 Å². The van der Waals surface area contributed by atoms with Crippen molar-refractivity contribution in [3.05, 3.63) is 28.2 Å². The van der Waals surface area contributed by atoms with E-state index in [4.69, 9.17) is 27.9 Å². The lowest BCUT2D eigenvalue weighted by atomic mass is 10.2. The van der Waals surface area contributed by atoms with E-state index in [2.05, 4.69) is 11.4 Å². The van der Waals surface area contributed by atoms with Gasteiger partial charge in [0, 0.05) is 6.54 Å². The van der Waals surface area contributed by atoms with Crippen LogP contribution in [-0.4, -0.2) is 54.3 Å². The van der Waals surface area contributed by atoms with Crippen LogP contribution in [0.1, 0.15) is 40.0 Å². The van der Waals surface area contributed by atoms with E-state index in [9.17, 15) is 23.3 Å². The number of ether oxygens (including phenoxy) is 1. The first-order chi connectivity index (χ1) is 14.3. The van der Waals surface area contributed by atoms with Crippen molar-refractivity contribution >= 4 is 45.0 Å². The molecule has 3 rings (SSSR count). The predicted molar refractivity (Wildman–Crippen MR) is 115 cm³/mol. The zero-order valence-electron chi connectivity index (χ0n) is 17.3. The number of rotatable bonds is 4. The van der Waals surface area contributed by atoms with Crippen molar-refractivity contribution in [1.82, 2.24) is 10.2 Å². The average Bonchev–Trinajstić information content (AvgIpc) is 3.25. The van der Waals surface area contributed by atoms with Crippen LogP contribution in [0.3, 0.4) is 0 Å². The predicted octanol–water partition coefficient (Wildman–Crippen LogP) is 3.32. The van der Waals surface area contributed by atoms with Crippen LogP contribution in [0.4, 0.5) is 4.79 Å². The summed E-state index contributed by atoms with van der Waals surface area (Å²) in [5.41, 5.74) is -1.80. The molecule has 2 aliphatic rings. The van der Waals surface area contributed by atoms with Crippen molar-refractivity contribution in [2.24, 2.45) is 0 Å². The van der Waals surface area contributed by atoms with Crippen molar-refractivity contribution in [3.8, 4) is 6.07 Å². The molecular formula is C20H23Cl2N3O5S. The molecule has 0 bridgehead atoms. The molecule has 31 heavy (non-hydrogen) atoms. The minimum absolute atomic E-state index is 0.0365. The molecular weight excluding hydrogens is 465 g/mol. The second kappa shape index (κ2) is 8.15. The van der Waals surface area contributed by atoms with Crippen LogP contribution in [-0.2, 0) is 19.4 Å². The number of likely N-dealkylation sites (tertiary alicyclic amines) is 1. The van der Waals surface area contributed by atoms with E-state index in [0.717, 1.165) is 4.90 Å². The first kappa shape index (κ1) is 23.6. The van der Waals surface area contributed by atoms with E-state index in [1.54, 1.807) is 20.8 Å². The number of sulfone groups is 1. The molecule has 1 aromatic carbocycles. The Kier molecular flexibility index (Phi) is 6.22. The molecule has 1 saturated carbocycles. The smallest absolute Gasteiger partial charge is 0.411 e. The van der Waals surface area contributed by atoms with E-state index in [0.29, 0.717) is 12.8 Å². The van der Waals surface area contributed by atoms with E-state index >= 15 is 0 Å². The van der Waals surface area contributed by atoms with Gasteiger partial charge in [0.15, 0.2) is 9.84 Å². The number of benzene rings is 1. The molecule has 8 nitrogen and oxygen atoms in total. The Hall–Kier alpha value is -2.02. The minimum Gasteiger partial charge on any atom is -0.444 e. The fourth-order valence-electron chi connectivity index (χ4n) is 3.42. The Bertz CT molecular complexity index is 1040. The average molecular weight is 488 g/mol. The Balaban J connectivity index is 1.93. The van der Waals surface area contributed by atoms with Gasteiger partial charge in [0.25, 0.3) is 0 Å². The summed E-state index contributed by atoms with van der Waals surface area (Å²) in [6.45, 7) is 4.74. The highest BCUT2D eigenvalue weighted by molar-refractivity contribution is 7.92. The third-order valence-electron chi connectivity index (χ3n) is 5.16. The number of carbonyl (C=O) groups is 2. The number of nitriles is 1. The van der Waals surface area contributed by atoms with Crippen molar-refractivity contribution in [2.75, 3.05) is 6.54 Å². The zero-order valence-corrected chi connectivity index (χ0v) is 19.6. The monoisotopic (exact) mass is 487 g/mol. The highest BCUT2D eigenvalue weighted by Gasteiger charge is 2.51. The van der Waals surface area contributed by atoms with E-state index in [1.807, 2.05) is 0 Å². The number of carbonyl (C=O) groups excluding carboxylic acids is 2. The second-order valence-electron chi connectivity index (χ2n) is 8.79. The van der Waals surface area contributed by atoms with Gasteiger partial charge in [-0.1, -0.05) is 29.3 Å². The molecule has 2 amide bonds. The van der Waals surface area contributed by atoms with E-state index < -0.39 is 44.3 Å². The van der Waals surface area contributed by atoms with Crippen LogP contribution in [0.2, 0.25) is 10.0 Å². The number of halogens is 2. The Labute approximate surface area is 191 Å². The van der Waals surface area contributed by atoms with Crippen molar-refractivity contribution < 1.29 is 22.7 Å². The maximum atomic E-state index is 13.3. The molecule has 1 aliphatic heterocycles. The lowest BCUT2D eigenvalue weighted by Gasteiger charge is -2.28. The van der Waals surface area contributed by atoms with Gasteiger partial charge in [-0.3, -0.25) is 9.69 Å². The van der Waals surface area contributed by atoms with Gasteiger partial charge in [-0.15, -0.1) is 0 Å². The van der Waals surface area contributed by atoms with Gasteiger partial charge < -0.3 is 10.1 Å². The van der Waals surface area contributed by atoms with Crippen LogP contribution in [0.15, 0.2) is 23.1 Å². The molecule has 11 heteroatoms. The first-order valence-corrected chi connectivity index (χ1v) is 12.0. The summed E-state index contributed by atoms with van der Waals surface area (Å²) in [6.07, 6.45) is 0.0325. The Morgan fingerprint density at radius 2 is 1.84 bits per heavy atom. The standard InChI is InChI=1S/C20H23Cl2N3O5S/c1-19(2,3)30-18(27)25-10-12(9-15(25)17(26)24-20(11-23)7-8-20)31(28,29)16-13(21)5-4-6-14(16)22/h4-6,12,15H,7-10H2,1-3H3,(H,24,26)/t12-,15-/m1/s1. The minimum atomic E-state index is -4.07. The van der Waals surface area contributed by atoms with Crippen LogP contribution >= 0.6 is 23.2 Å². The molecule has 1 aromatic rings. The van der Waals surface area contributed by atoms with Crippen LogP contribution in [0.5, 0.6) is 0 Å². The molecule has 0 aromatic heterocycles. The molecule has 1 N–H and O–H groups in total. The number of nitrogens with zero attached hydrogens (tertiary/aromatic N) is 2. The summed E-state index contributed by atoms with van der Waals surface area (Å²) in [5.74, 6) is -0.590. The molecule has 2 fully saturated rings. The number of amides is 2. The van der Waals surface area contributed by atoms with Crippen molar-refractivity contribution in [3.63, 3.8) is 0 Å². The number of hydrogen-bond acceptors (Lipinski definition) is 6. The maximum Gasteiger partial charge on any atom is 0.411 e. The summed E-state index contributed by atoms with van der Waals surface area (Å²) in [6, 6.07) is 5.29. The second-order valence-corrected chi connectivity index (χ2v) is 11.8. The number of hydrogen-bond donors (Lipinski definition) is 1. The summed E-state index contributed by atoms with van der Waals surface area (Å²) in [4.78, 5) is 26.6. The summed E-state index contributed by atoms with van der Waals surface area (Å²) in [5, 5.41) is 10.7. The van der Waals surface area contributed by atoms with Crippen molar-refractivity contribution in [1.29, 1.82) is 5.26 Å². The molecule has 168 valence electrons. The third-order valence-corrected chi connectivity index (χ3v) is 8.24. The van der Waals surface area contributed by atoms with Gasteiger partial charge in [0.2, 0.25) is 5.91 Å². The topological polar surface area (TPSA) is 117 Å². The highest BCUT2D eigenvalue weighted by Crippen LogP contribution is 2.38. The molecule has 0 radical (unpaired) electrons. The largest absolute Gasteiger partial charge is 0.444 e. The summed E-state index contributed by atoms with van der Waals surface area (Å²) < 4.78 is 32.0. The van der Waals surface area contributed by atoms with E-state index in [-0.39, 0.29) is 27.9 Å². The molecule has 2 atom stereocenters. The van der Waals surface area contributed by atoms with Gasteiger partial charge in [-0.05, 0) is 52.2 Å². The first-order valence-electron chi connectivity index (χ1n) is 9.70. The summed E-state index contributed by atoms with van der Waals surface area (Å²) >= 11 is 12.2. The Morgan fingerprint density at radius 3 is 2.32 bits per heavy atom. The van der Waals surface area contributed by atoms with Crippen molar-refractivity contribution in [2.45, 2.75) is 67.4 Å². The lowest BCUT2D eigenvalue weighted by molar-refractivity contribution is -0.126. The highest BCUT2D eigenvalue weighted by atomic mass is 35.5. The fourth-order valence-corrected chi connectivity index (χ4v) is 6.27. The van der Waals surface area contributed by atoms with Gasteiger partial charge in [-0.25, -0.2) is 13.2 Å². The van der Waals surface area contributed by atoms with Crippen LogP contribution in [0, 0.1) is 11.3 Å². The fraction of sp³-hybridized carbons (Fsp3) is 0.550. The number of nitrogens with one attached hydrogen (secondary N) is 1. The molecule has 1 heterocycles. The zero-order chi connectivity index (χ0) is 23.2. The third kappa shape index (κ3) is 4.92. The van der Waals surface area contributed by atoms with Gasteiger partial charge in [0.1, 0.15) is 22.1 Å². The maximum absolute atomic E-state index is 13.3. The molecule has 0 spiro atoms. The SMILES string of the molecule is CC(C)(C)OC(=O)N1C[C@H](S(=O)(=O)c2c(Cl)cccc2Cl)C[C@@H]1C(=O)NC1(C#N)CC1. The molecule has 0 unspecified atom stereocenters. The van der Waals surface area contributed by atoms with E-state index in [1.165, 1.54) is 18.2 Å². The molecule has 1 aliphatic carbocycles. The van der Waals surface area contributed by atoms with Gasteiger partial charge in [-0.2, -0.15) is 5.26 Å². The van der Waals surface area contributed by atoms with Gasteiger partial charge in [0.05, 0.1) is 21.4 Å². The van der Waals surface area contributed by atoms with Crippen LogP contribution < -0.4 is 5.32 Å². The van der Waals surface area contributed by atoms with Crippen LogP contribution in [0.25, 0.3) is 0 Å². The quantitative estimate of drug-likeness (QED) is 0.695. The lowest BCUT2D eigenvalue weighted by Crippen LogP contribution is -2.50.